The molecule has 1 heterocycles. The minimum Gasteiger partial charge on any atom is -0.375 e. The molecule has 144 valence electrons. The van der Waals surface area contributed by atoms with Gasteiger partial charge in [-0.15, -0.1) is 0 Å². The maximum Gasteiger partial charge on any atom is 0.243 e. The van der Waals surface area contributed by atoms with Crippen LogP contribution in [-0.2, 0) is 14.8 Å². The Morgan fingerprint density at radius 1 is 1.07 bits per heavy atom. The summed E-state index contributed by atoms with van der Waals surface area (Å²) in [5.74, 6) is -0.625. The molecule has 0 aromatic heterocycles. The molecule has 1 N–H and O–H groups in total. The highest BCUT2D eigenvalue weighted by atomic mass is 35.5. The van der Waals surface area contributed by atoms with Crippen LogP contribution in [0.15, 0.2) is 53.4 Å². The topological polar surface area (TPSA) is 69.7 Å². The minimum absolute atomic E-state index is 0.00319. The number of anilines is 1. The molecule has 0 spiro atoms. The summed E-state index contributed by atoms with van der Waals surface area (Å²) in [5, 5.41) is 3.08. The number of nitrogens with one attached hydrogen (secondary N) is 1. The Labute approximate surface area is 162 Å². The van der Waals surface area contributed by atoms with Gasteiger partial charge in [-0.3, -0.25) is 4.79 Å². The number of benzene rings is 2. The van der Waals surface area contributed by atoms with Crippen LogP contribution in [-0.4, -0.2) is 56.3 Å². The molecular formula is C18H19ClFN3O3S. The molecule has 1 amide bonds. The molecule has 0 atom stereocenters. The fourth-order valence-electron chi connectivity index (χ4n) is 2.83. The first kappa shape index (κ1) is 19.6. The third-order valence-corrected chi connectivity index (χ3v) is 6.56. The molecule has 6 nitrogen and oxygen atoms in total. The van der Waals surface area contributed by atoms with Gasteiger partial charge in [0.1, 0.15) is 5.82 Å². The van der Waals surface area contributed by atoms with E-state index in [9.17, 15) is 17.6 Å². The summed E-state index contributed by atoms with van der Waals surface area (Å²) < 4.78 is 39.6. The lowest BCUT2D eigenvalue weighted by molar-refractivity contribution is -0.130. The zero-order valence-electron chi connectivity index (χ0n) is 14.4. The van der Waals surface area contributed by atoms with Gasteiger partial charge in [-0.2, -0.15) is 4.31 Å². The Morgan fingerprint density at radius 3 is 2.37 bits per heavy atom. The van der Waals surface area contributed by atoms with E-state index in [1.54, 1.807) is 35.2 Å². The molecule has 1 saturated heterocycles. The summed E-state index contributed by atoms with van der Waals surface area (Å²) >= 11 is 5.93. The van der Waals surface area contributed by atoms with Crippen LogP contribution in [0.4, 0.5) is 10.1 Å². The molecule has 0 bridgehead atoms. The highest BCUT2D eigenvalue weighted by Crippen LogP contribution is 2.22. The van der Waals surface area contributed by atoms with Gasteiger partial charge in [-0.25, -0.2) is 12.8 Å². The maximum absolute atomic E-state index is 13.1. The third kappa shape index (κ3) is 4.58. The summed E-state index contributed by atoms with van der Waals surface area (Å²) in [6.45, 7) is 1.09. The summed E-state index contributed by atoms with van der Waals surface area (Å²) in [6, 6.07) is 12.1. The van der Waals surface area contributed by atoms with Crippen LogP contribution in [0.5, 0.6) is 0 Å². The first-order valence-corrected chi connectivity index (χ1v) is 10.2. The number of carbonyl (C=O) groups is 1. The van der Waals surface area contributed by atoms with E-state index in [2.05, 4.69) is 5.32 Å². The molecule has 0 saturated carbocycles. The van der Waals surface area contributed by atoms with E-state index in [-0.39, 0.29) is 35.5 Å². The second-order valence-corrected chi connectivity index (χ2v) is 8.42. The molecule has 3 rings (SSSR count). The Hall–Kier alpha value is -2.16. The number of piperazine rings is 1. The zero-order chi connectivity index (χ0) is 19.4. The van der Waals surface area contributed by atoms with Gasteiger partial charge in [0.05, 0.1) is 22.2 Å². The average molecular weight is 412 g/mol. The van der Waals surface area contributed by atoms with Crippen LogP contribution in [0.2, 0.25) is 5.02 Å². The van der Waals surface area contributed by atoms with Gasteiger partial charge in [0.15, 0.2) is 0 Å². The molecule has 1 aliphatic heterocycles. The van der Waals surface area contributed by atoms with Gasteiger partial charge in [-0.1, -0.05) is 29.8 Å². The number of nitrogens with zero attached hydrogens (tertiary/aromatic N) is 2. The lowest BCUT2D eigenvalue weighted by Crippen LogP contribution is -2.51. The van der Waals surface area contributed by atoms with E-state index in [1.807, 2.05) is 0 Å². The number of amides is 1. The van der Waals surface area contributed by atoms with Crippen LogP contribution in [0, 0.1) is 5.82 Å². The number of hydrogen-bond acceptors (Lipinski definition) is 4. The minimum atomic E-state index is -3.55. The molecule has 2 aromatic carbocycles. The lowest BCUT2D eigenvalue weighted by atomic mass is 10.3. The van der Waals surface area contributed by atoms with Gasteiger partial charge in [-0.05, 0) is 30.3 Å². The smallest absolute Gasteiger partial charge is 0.243 e. The molecular weight excluding hydrogens is 393 g/mol. The summed E-state index contributed by atoms with van der Waals surface area (Å²) in [6.07, 6.45) is 0. The van der Waals surface area contributed by atoms with E-state index >= 15 is 0 Å². The van der Waals surface area contributed by atoms with Gasteiger partial charge in [0.25, 0.3) is 0 Å². The predicted octanol–water partition coefficient (Wildman–Crippen LogP) is 2.42. The van der Waals surface area contributed by atoms with Crippen molar-refractivity contribution in [3.63, 3.8) is 0 Å². The van der Waals surface area contributed by atoms with Gasteiger partial charge >= 0.3 is 0 Å². The van der Waals surface area contributed by atoms with Gasteiger partial charge in [0.2, 0.25) is 15.9 Å². The van der Waals surface area contributed by atoms with Gasteiger partial charge in [0, 0.05) is 26.2 Å². The second-order valence-electron chi connectivity index (χ2n) is 6.08. The van der Waals surface area contributed by atoms with Crippen molar-refractivity contribution in [2.75, 3.05) is 38.0 Å². The number of halogens is 2. The summed E-state index contributed by atoms with van der Waals surface area (Å²) in [7, 11) is -3.55. The number of hydrogen-bond donors (Lipinski definition) is 1. The molecule has 2 aromatic rings. The number of sulfonamides is 1. The van der Waals surface area contributed by atoms with Crippen LogP contribution >= 0.6 is 11.6 Å². The molecule has 1 aliphatic rings. The first-order chi connectivity index (χ1) is 12.9. The van der Waals surface area contributed by atoms with E-state index < -0.39 is 15.8 Å². The maximum atomic E-state index is 13.1. The van der Waals surface area contributed by atoms with Crippen molar-refractivity contribution in [2.24, 2.45) is 0 Å². The monoisotopic (exact) mass is 411 g/mol. The number of rotatable bonds is 5. The molecule has 0 unspecified atom stereocenters. The van der Waals surface area contributed by atoms with E-state index in [0.29, 0.717) is 18.8 Å². The largest absolute Gasteiger partial charge is 0.375 e. The van der Waals surface area contributed by atoms with Crippen molar-refractivity contribution in [2.45, 2.75) is 4.90 Å². The van der Waals surface area contributed by atoms with Crippen molar-refractivity contribution in [3.8, 4) is 0 Å². The molecule has 27 heavy (non-hydrogen) atoms. The standard InChI is InChI=1S/C18H19ClFN3O3S/c19-16-12-14(20)6-7-17(16)21-13-18(24)22-8-10-23(11-9-22)27(25,26)15-4-2-1-3-5-15/h1-7,12,21H,8-11,13H2. The fraction of sp³-hybridized carbons (Fsp3) is 0.278. The molecule has 1 fully saturated rings. The highest BCUT2D eigenvalue weighted by Gasteiger charge is 2.29. The molecule has 0 radical (unpaired) electrons. The van der Waals surface area contributed by atoms with Gasteiger partial charge < -0.3 is 10.2 Å². The van der Waals surface area contributed by atoms with Crippen molar-refractivity contribution in [3.05, 3.63) is 59.4 Å². The summed E-state index contributed by atoms with van der Waals surface area (Å²) in [5.41, 5.74) is 0.469. The SMILES string of the molecule is O=C(CNc1ccc(F)cc1Cl)N1CCN(S(=O)(=O)c2ccccc2)CC1. The van der Waals surface area contributed by atoms with E-state index in [1.165, 1.54) is 22.5 Å². The van der Waals surface area contributed by atoms with Crippen LogP contribution < -0.4 is 5.32 Å². The second kappa shape index (κ2) is 8.24. The predicted molar refractivity (Wildman–Crippen MR) is 102 cm³/mol. The van der Waals surface area contributed by atoms with Crippen LogP contribution in [0.3, 0.4) is 0 Å². The van der Waals surface area contributed by atoms with Crippen molar-refractivity contribution >= 4 is 33.2 Å². The first-order valence-electron chi connectivity index (χ1n) is 8.40. The average Bonchev–Trinajstić information content (AvgIpc) is 2.68. The van der Waals surface area contributed by atoms with Crippen LogP contribution in [0.25, 0.3) is 0 Å². The Bertz CT molecular complexity index is 917. The Morgan fingerprint density at radius 2 is 1.74 bits per heavy atom. The molecule has 0 aliphatic carbocycles. The molecule has 9 heteroatoms. The van der Waals surface area contributed by atoms with E-state index in [0.717, 1.165) is 0 Å². The summed E-state index contributed by atoms with van der Waals surface area (Å²) in [4.78, 5) is 14.2. The normalized spacial score (nSPS) is 15.6. The van der Waals surface area contributed by atoms with E-state index in [4.69, 9.17) is 11.6 Å². The van der Waals surface area contributed by atoms with Crippen molar-refractivity contribution in [1.29, 1.82) is 0 Å². The fourth-order valence-corrected chi connectivity index (χ4v) is 4.51. The Balaban J connectivity index is 1.55. The quantitative estimate of drug-likeness (QED) is 0.820. The highest BCUT2D eigenvalue weighted by molar-refractivity contribution is 7.89. The third-order valence-electron chi connectivity index (χ3n) is 4.33. The van der Waals surface area contributed by atoms with Crippen molar-refractivity contribution in [1.82, 2.24) is 9.21 Å². The Kier molecular flexibility index (Phi) is 5.98. The lowest BCUT2D eigenvalue weighted by Gasteiger charge is -2.34. The number of carbonyl (C=O) groups excluding carboxylic acids is 1. The zero-order valence-corrected chi connectivity index (χ0v) is 16.0. The van der Waals surface area contributed by atoms with Crippen molar-refractivity contribution < 1.29 is 17.6 Å². The van der Waals surface area contributed by atoms with Crippen LogP contribution in [0.1, 0.15) is 0 Å².